The van der Waals surface area contributed by atoms with E-state index in [9.17, 15) is 10.2 Å². The summed E-state index contributed by atoms with van der Waals surface area (Å²) in [6.45, 7) is -0.165. The molecule has 3 N–H and O–H groups in total. The lowest BCUT2D eigenvalue weighted by Gasteiger charge is -2.16. The van der Waals surface area contributed by atoms with Crippen LogP contribution in [0.5, 0.6) is 0 Å². The maximum absolute atomic E-state index is 9.64. The summed E-state index contributed by atoms with van der Waals surface area (Å²) in [5, 5.41) is 28.3. The molecule has 1 aromatic rings. The van der Waals surface area contributed by atoms with Crippen molar-refractivity contribution in [1.29, 1.82) is 0 Å². The molecular formula is C9H14N2O3S. The molecule has 0 aliphatic heterocycles. The van der Waals surface area contributed by atoms with Gasteiger partial charge in [-0.15, -0.1) is 0 Å². The average molecular weight is 230 g/mol. The first-order chi connectivity index (χ1) is 7.19. The number of hydrogen-bond acceptors (Lipinski definition) is 6. The first-order valence-electron chi connectivity index (χ1n) is 4.52. The van der Waals surface area contributed by atoms with Gasteiger partial charge in [0.05, 0.1) is 6.10 Å². The zero-order valence-corrected chi connectivity index (χ0v) is 9.18. The summed E-state index contributed by atoms with van der Waals surface area (Å²) in [4.78, 5) is 7.96. The molecule has 5 nitrogen and oxygen atoms in total. The highest BCUT2D eigenvalue weighted by atomic mass is 32.2. The van der Waals surface area contributed by atoms with Crippen molar-refractivity contribution >= 4 is 11.8 Å². The Kier molecular flexibility index (Phi) is 4.97. The third-order valence-corrected chi connectivity index (χ3v) is 2.54. The van der Waals surface area contributed by atoms with Gasteiger partial charge in [0.2, 0.25) is 0 Å². The molecule has 2 unspecified atom stereocenters. The molecule has 0 amide bonds. The van der Waals surface area contributed by atoms with Crippen LogP contribution in [0.3, 0.4) is 0 Å². The van der Waals surface area contributed by atoms with Gasteiger partial charge in [-0.05, 0) is 12.7 Å². The van der Waals surface area contributed by atoms with Crippen molar-refractivity contribution in [3.05, 3.63) is 18.0 Å². The van der Waals surface area contributed by atoms with Crippen LogP contribution in [0.2, 0.25) is 0 Å². The van der Waals surface area contributed by atoms with Crippen LogP contribution < -0.4 is 0 Å². The minimum atomic E-state index is -1.05. The Balaban J connectivity index is 2.69. The van der Waals surface area contributed by atoms with E-state index in [1.807, 2.05) is 6.26 Å². The smallest absolute Gasteiger partial charge is 0.187 e. The van der Waals surface area contributed by atoms with Crippen molar-refractivity contribution in [1.82, 2.24) is 9.97 Å². The van der Waals surface area contributed by atoms with Gasteiger partial charge in [0.1, 0.15) is 6.10 Å². The number of aliphatic hydroxyl groups is 3. The van der Waals surface area contributed by atoms with Gasteiger partial charge in [0, 0.05) is 24.6 Å². The molecule has 1 rings (SSSR count). The monoisotopic (exact) mass is 230 g/mol. The summed E-state index contributed by atoms with van der Waals surface area (Å²) >= 11 is 1.40. The maximum Gasteiger partial charge on any atom is 0.187 e. The number of hydrogen-bond donors (Lipinski definition) is 3. The van der Waals surface area contributed by atoms with E-state index in [0.29, 0.717) is 10.7 Å². The quantitative estimate of drug-likeness (QED) is 0.486. The lowest BCUT2D eigenvalue weighted by atomic mass is 10.1. The summed E-state index contributed by atoms with van der Waals surface area (Å²) in [6, 6.07) is 0. The van der Waals surface area contributed by atoms with Crippen molar-refractivity contribution in [2.75, 3.05) is 12.9 Å². The molecule has 0 aromatic carbocycles. The van der Waals surface area contributed by atoms with Gasteiger partial charge in [0.15, 0.2) is 5.16 Å². The van der Waals surface area contributed by atoms with Crippen LogP contribution in [0.1, 0.15) is 18.1 Å². The second kappa shape index (κ2) is 6.02. The zero-order valence-electron chi connectivity index (χ0n) is 8.37. The molecule has 0 spiro atoms. The van der Waals surface area contributed by atoms with Gasteiger partial charge in [-0.1, -0.05) is 11.8 Å². The van der Waals surface area contributed by atoms with Crippen molar-refractivity contribution in [3.63, 3.8) is 0 Å². The summed E-state index contributed by atoms with van der Waals surface area (Å²) in [5.74, 6) is 0. The second-order valence-corrected chi connectivity index (χ2v) is 3.80. The van der Waals surface area contributed by atoms with Gasteiger partial charge >= 0.3 is 0 Å². The van der Waals surface area contributed by atoms with E-state index in [1.54, 1.807) is 0 Å². The molecular weight excluding hydrogens is 216 g/mol. The Morgan fingerprint density at radius 3 is 2.40 bits per heavy atom. The highest BCUT2D eigenvalue weighted by Gasteiger charge is 2.18. The molecule has 2 atom stereocenters. The standard InChI is InChI=1S/C9H14N2O3S/c1-15-9-10-4-6(5-11-9)8(14)7(13)2-3-12/h4-5,7-8,12-14H,2-3H2,1H3. The van der Waals surface area contributed by atoms with Crippen LogP contribution in [0.15, 0.2) is 17.6 Å². The summed E-state index contributed by atoms with van der Waals surface area (Å²) in [6.07, 6.45) is 2.90. The summed E-state index contributed by atoms with van der Waals surface area (Å²) in [5.41, 5.74) is 0.453. The van der Waals surface area contributed by atoms with Crippen LogP contribution in [0.25, 0.3) is 0 Å². The van der Waals surface area contributed by atoms with Crippen LogP contribution in [0.4, 0.5) is 0 Å². The van der Waals surface area contributed by atoms with Crippen molar-refractivity contribution < 1.29 is 15.3 Å². The molecule has 15 heavy (non-hydrogen) atoms. The predicted octanol–water partition coefficient (Wildman–Crippen LogP) is -0.0248. The fourth-order valence-corrected chi connectivity index (χ4v) is 1.41. The number of aliphatic hydroxyl groups excluding tert-OH is 3. The highest BCUT2D eigenvalue weighted by Crippen LogP contribution is 2.18. The third kappa shape index (κ3) is 3.42. The van der Waals surface area contributed by atoms with Crippen LogP contribution in [-0.4, -0.2) is 44.3 Å². The minimum Gasteiger partial charge on any atom is -0.396 e. The van der Waals surface area contributed by atoms with Gasteiger partial charge < -0.3 is 15.3 Å². The minimum absolute atomic E-state index is 0.130. The Labute approximate surface area is 92.2 Å². The van der Waals surface area contributed by atoms with Gasteiger partial charge in [0.25, 0.3) is 0 Å². The lowest BCUT2D eigenvalue weighted by molar-refractivity contribution is 0.00377. The van der Waals surface area contributed by atoms with Crippen molar-refractivity contribution in [2.24, 2.45) is 0 Å². The molecule has 0 saturated carbocycles. The van der Waals surface area contributed by atoms with E-state index in [-0.39, 0.29) is 13.0 Å². The Hall–Kier alpha value is -0.690. The average Bonchev–Trinajstić information content (AvgIpc) is 2.28. The molecule has 0 aliphatic carbocycles. The Morgan fingerprint density at radius 2 is 1.93 bits per heavy atom. The molecule has 0 fully saturated rings. The topological polar surface area (TPSA) is 86.5 Å². The van der Waals surface area contributed by atoms with Crippen molar-refractivity contribution in [2.45, 2.75) is 23.8 Å². The van der Waals surface area contributed by atoms with E-state index >= 15 is 0 Å². The van der Waals surface area contributed by atoms with E-state index in [2.05, 4.69) is 9.97 Å². The molecule has 0 aliphatic rings. The van der Waals surface area contributed by atoms with E-state index in [1.165, 1.54) is 24.2 Å². The molecule has 1 aromatic heterocycles. The van der Waals surface area contributed by atoms with Crippen LogP contribution in [0, 0.1) is 0 Å². The second-order valence-electron chi connectivity index (χ2n) is 3.03. The molecule has 0 saturated heterocycles. The molecule has 0 radical (unpaired) electrons. The lowest BCUT2D eigenvalue weighted by Crippen LogP contribution is -2.19. The first-order valence-corrected chi connectivity index (χ1v) is 5.74. The van der Waals surface area contributed by atoms with Crippen molar-refractivity contribution in [3.8, 4) is 0 Å². The molecule has 84 valence electrons. The van der Waals surface area contributed by atoms with E-state index in [0.717, 1.165) is 0 Å². The number of nitrogens with zero attached hydrogens (tertiary/aromatic N) is 2. The largest absolute Gasteiger partial charge is 0.396 e. The molecule has 6 heteroatoms. The predicted molar refractivity (Wildman–Crippen MR) is 56.5 cm³/mol. The highest BCUT2D eigenvalue weighted by molar-refractivity contribution is 7.98. The molecule has 1 heterocycles. The summed E-state index contributed by atoms with van der Waals surface area (Å²) in [7, 11) is 0. The SMILES string of the molecule is CSc1ncc(C(O)C(O)CCO)cn1. The van der Waals surface area contributed by atoms with Gasteiger partial charge in [-0.2, -0.15) is 0 Å². The number of rotatable bonds is 5. The third-order valence-electron chi connectivity index (χ3n) is 1.96. The van der Waals surface area contributed by atoms with E-state index < -0.39 is 12.2 Å². The van der Waals surface area contributed by atoms with Gasteiger partial charge in [-0.3, -0.25) is 0 Å². The van der Waals surface area contributed by atoms with E-state index in [4.69, 9.17) is 5.11 Å². The summed E-state index contributed by atoms with van der Waals surface area (Å²) < 4.78 is 0. The first kappa shape index (κ1) is 12.4. The fourth-order valence-electron chi connectivity index (χ4n) is 1.10. The number of thioether (sulfide) groups is 1. The normalized spacial score (nSPS) is 14.9. The number of aromatic nitrogens is 2. The maximum atomic E-state index is 9.64. The van der Waals surface area contributed by atoms with Crippen LogP contribution >= 0.6 is 11.8 Å². The van der Waals surface area contributed by atoms with Gasteiger partial charge in [-0.25, -0.2) is 9.97 Å². The molecule has 0 bridgehead atoms. The Morgan fingerprint density at radius 1 is 1.33 bits per heavy atom. The van der Waals surface area contributed by atoms with Crippen LogP contribution in [-0.2, 0) is 0 Å². The zero-order chi connectivity index (χ0) is 11.3. The fraction of sp³-hybridized carbons (Fsp3) is 0.556. The Bertz CT molecular complexity index is 294.